The maximum Gasteiger partial charge on any atom is 0.236 e. The van der Waals surface area contributed by atoms with Crippen LogP contribution < -0.4 is 0 Å². The van der Waals surface area contributed by atoms with E-state index < -0.39 is 5.91 Å². The summed E-state index contributed by atoms with van der Waals surface area (Å²) >= 11 is 0. The molecular formula is C6H7NO3. The Morgan fingerprint density at radius 3 is 1.90 bits per heavy atom. The third-order valence-electron chi connectivity index (χ3n) is 1.37. The van der Waals surface area contributed by atoms with Crippen LogP contribution in [0.15, 0.2) is 0 Å². The highest BCUT2D eigenvalue weighted by atomic mass is 16.2. The molecule has 1 saturated heterocycles. The average Bonchev–Trinajstić information content (AvgIpc) is 2.11. The maximum atomic E-state index is 10.7. The first kappa shape index (κ1) is 6.92. The summed E-state index contributed by atoms with van der Waals surface area (Å²) in [6, 6.07) is 0. The van der Waals surface area contributed by atoms with Gasteiger partial charge in [-0.2, -0.15) is 0 Å². The fourth-order valence-corrected chi connectivity index (χ4v) is 0.928. The Morgan fingerprint density at radius 2 is 1.70 bits per heavy atom. The van der Waals surface area contributed by atoms with E-state index in [0.717, 1.165) is 0 Å². The second-order valence-corrected chi connectivity index (χ2v) is 2.14. The zero-order valence-electron chi connectivity index (χ0n) is 5.59. The van der Waals surface area contributed by atoms with Gasteiger partial charge in [0.05, 0.1) is 0 Å². The van der Waals surface area contributed by atoms with Crippen molar-refractivity contribution >= 4 is 17.7 Å². The van der Waals surface area contributed by atoms with Crippen LogP contribution in [0, 0.1) is 0 Å². The van der Waals surface area contributed by atoms with E-state index in [0.29, 0.717) is 4.90 Å². The molecule has 0 aromatic heterocycles. The SMILES string of the molecule is CC(=O)N1C(=O)CCC1=O. The molecule has 10 heavy (non-hydrogen) atoms. The molecule has 3 amide bonds. The highest BCUT2D eigenvalue weighted by molar-refractivity contribution is 6.14. The Morgan fingerprint density at radius 1 is 1.30 bits per heavy atom. The molecule has 4 nitrogen and oxygen atoms in total. The van der Waals surface area contributed by atoms with Gasteiger partial charge in [-0.1, -0.05) is 0 Å². The monoisotopic (exact) mass is 141 g/mol. The van der Waals surface area contributed by atoms with Gasteiger partial charge in [-0.05, 0) is 0 Å². The van der Waals surface area contributed by atoms with Crippen LogP contribution in [0.2, 0.25) is 0 Å². The zero-order chi connectivity index (χ0) is 7.72. The number of hydrogen-bond acceptors (Lipinski definition) is 3. The average molecular weight is 141 g/mol. The molecule has 0 N–H and O–H groups in total. The Hall–Kier alpha value is -1.19. The number of carbonyl (C=O) groups excluding carboxylic acids is 3. The molecule has 1 aliphatic heterocycles. The molecule has 0 aromatic rings. The van der Waals surface area contributed by atoms with Gasteiger partial charge in [0, 0.05) is 19.8 Å². The molecular weight excluding hydrogens is 134 g/mol. The number of hydrogen-bond donors (Lipinski definition) is 0. The molecule has 0 radical (unpaired) electrons. The van der Waals surface area contributed by atoms with Gasteiger partial charge >= 0.3 is 0 Å². The minimum Gasteiger partial charge on any atom is -0.274 e. The highest BCUT2D eigenvalue weighted by Crippen LogP contribution is 2.10. The summed E-state index contributed by atoms with van der Waals surface area (Å²) in [5, 5.41) is 0. The van der Waals surface area contributed by atoms with Crippen LogP contribution in [0.25, 0.3) is 0 Å². The molecule has 0 spiro atoms. The van der Waals surface area contributed by atoms with E-state index in [2.05, 4.69) is 0 Å². The molecule has 1 heterocycles. The number of rotatable bonds is 0. The molecule has 0 bridgehead atoms. The van der Waals surface area contributed by atoms with E-state index >= 15 is 0 Å². The van der Waals surface area contributed by atoms with Gasteiger partial charge in [-0.15, -0.1) is 0 Å². The Labute approximate surface area is 57.8 Å². The normalized spacial score (nSPS) is 18.3. The van der Waals surface area contributed by atoms with Crippen molar-refractivity contribution in [2.45, 2.75) is 19.8 Å². The van der Waals surface area contributed by atoms with Gasteiger partial charge in [-0.25, -0.2) is 4.90 Å². The Kier molecular flexibility index (Phi) is 1.53. The quantitative estimate of drug-likeness (QED) is 0.434. The topological polar surface area (TPSA) is 54.5 Å². The minimum atomic E-state index is -0.479. The lowest BCUT2D eigenvalue weighted by Gasteiger charge is -2.06. The zero-order valence-corrected chi connectivity index (χ0v) is 5.59. The van der Waals surface area contributed by atoms with E-state index in [4.69, 9.17) is 0 Å². The minimum absolute atomic E-state index is 0.179. The summed E-state index contributed by atoms with van der Waals surface area (Å²) in [5.74, 6) is -1.23. The first-order chi connectivity index (χ1) is 4.63. The smallest absolute Gasteiger partial charge is 0.236 e. The summed E-state index contributed by atoms with van der Waals surface area (Å²) in [7, 11) is 0. The predicted molar refractivity (Wildman–Crippen MR) is 31.8 cm³/mol. The number of carbonyl (C=O) groups is 3. The third kappa shape index (κ3) is 0.920. The van der Waals surface area contributed by atoms with Crippen molar-refractivity contribution < 1.29 is 14.4 Å². The summed E-state index contributed by atoms with van der Waals surface area (Å²) in [6.07, 6.45) is 0.358. The Bertz CT molecular complexity index is 193. The van der Waals surface area contributed by atoms with E-state index in [9.17, 15) is 14.4 Å². The van der Waals surface area contributed by atoms with Crippen LogP contribution in [-0.4, -0.2) is 22.6 Å². The Balaban J connectivity index is 2.82. The van der Waals surface area contributed by atoms with Crippen LogP contribution in [-0.2, 0) is 14.4 Å². The molecule has 4 heteroatoms. The second kappa shape index (κ2) is 2.21. The molecule has 0 saturated carbocycles. The molecule has 0 unspecified atom stereocenters. The van der Waals surface area contributed by atoms with Crippen LogP contribution in [0.5, 0.6) is 0 Å². The van der Waals surface area contributed by atoms with Crippen molar-refractivity contribution in [1.82, 2.24) is 4.90 Å². The highest BCUT2D eigenvalue weighted by Gasteiger charge is 2.31. The van der Waals surface area contributed by atoms with Crippen LogP contribution in [0.3, 0.4) is 0 Å². The van der Waals surface area contributed by atoms with Gasteiger partial charge in [0.2, 0.25) is 17.7 Å². The second-order valence-electron chi connectivity index (χ2n) is 2.14. The summed E-state index contributed by atoms with van der Waals surface area (Å²) in [4.78, 5) is 32.7. The van der Waals surface area contributed by atoms with Crippen LogP contribution >= 0.6 is 0 Å². The predicted octanol–water partition coefficient (Wildman–Crippen LogP) is -0.318. The maximum absolute atomic E-state index is 10.7. The molecule has 0 atom stereocenters. The first-order valence-corrected chi connectivity index (χ1v) is 2.99. The van der Waals surface area contributed by atoms with Crippen molar-refractivity contribution in [1.29, 1.82) is 0 Å². The summed E-state index contributed by atoms with van der Waals surface area (Å²) < 4.78 is 0. The van der Waals surface area contributed by atoms with Gasteiger partial charge < -0.3 is 0 Å². The van der Waals surface area contributed by atoms with Crippen LogP contribution in [0.1, 0.15) is 19.8 Å². The lowest BCUT2D eigenvalue weighted by Crippen LogP contribution is -2.33. The first-order valence-electron chi connectivity index (χ1n) is 2.99. The number of imide groups is 3. The van der Waals surface area contributed by atoms with E-state index in [-0.39, 0.29) is 24.7 Å². The van der Waals surface area contributed by atoms with Gasteiger partial charge in [0.15, 0.2) is 0 Å². The van der Waals surface area contributed by atoms with Crippen molar-refractivity contribution in [3.8, 4) is 0 Å². The number of nitrogens with zero attached hydrogens (tertiary/aromatic N) is 1. The van der Waals surface area contributed by atoms with Gasteiger partial charge in [0.25, 0.3) is 0 Å². The fraction of sp³-hybridized carbons (Fsp3) is 0.500. The van der Waals surface area contributed by atoms with Gasteiger partial charge in [-0.3, -0.25) is 14.4 Å². The molecule has 1 fully saturated rings. The molecule has 1 rings (SSSR count). The lowest BCUT2D eigenvalue weighted by molar-refractivity contribution is -0.148. The standard InChI is InChI=1S/C6H7NO3/c1-4(8)7-5(9)2-3-6(7)10/h2-3H2,1H3. The molecule has 0 aliphatic carbocycles. The van der Waals surface area contributed by atoms with Crippen LogP contribution in [0.4, 0.5) is 0 Å². The lowest BCUT2D eigenvalue weighted by atomic mass is 10.4. The molecule has 1 aliphatic rings. The number of likely N-dealkylation sites (tertiary alicyclic amines) is 1. The summed E-state index contributed by atoms with van der Waals surface area (Å²) in [6.45, 7) is 1.21. The van der Waals surface area contributed by atoms with E-state index in [1.165, 1.54) is 6.92 Å². The van der Waals surface area contributed by atoms with E-state index in [1.807, 2.05) is 0 Å². The van der Waals surface area contributed by atoms with Crippen molar-refractivity contribution in [3.05, 3.63) is 0 Å². The molecule has 54 valence electrons. The fourth-order valence-electron chi connectivity index (χ4n) is 0.928. The molecule has 0 aromatic carbocycles. The van der Waals surface area contributed by atoms with Crippen molar-refractivity contribution in [3.63, 3.8) is 0 Å². The van der Waals surface area contributed by atoms with Crippen molar-refractivity contribution in [2.24, 2.45) is 0 Å². The van der Waals surface area contributed by atoms with Gasteiger partial charge in [0.1, 0.15) is 0 Å². The summed E-state index contributed by atoms with van der Waals surface area (Å²) in [5.41, 5.74) is 0. The largest absolute Gasteiger partial charge is 0.274 e. The number of amides is 3. The van der Waals surface area contributed by atoms with E-state index in [1.54, 1.807) is 0 Å². The van der Waals surface area contributed by atoms with Crippen molar-refractivity contribution in [2.75, 3.05) is 0 Å². The third-order valence-corrected chi connectivity index (χ3v) is 1.37.